The summed E-state index contributed by atoms with van der Waals surface area (Å²) in [7, 11) is 0. The largest absolute Gasteiger partial charge is 0.143 e. The fraction of sp³-hybridized carbons (Fsp3) is 0.0769. The Labute approximate surface area is 107 Å². The normalized spacial score (nSPS) is 10.8. The Hall–Kier alpha value is -0.900. The van der Waals surface area contributed by atoms with Gasteiger partial charge in [0.15, 0.2) is 0 Å². The van der Waals surface area contributed by atoms with Crippen LogP contribution in [0.5, 0.6) is 0 Å². The highest BCUT2D eigenvalue weighted by Gasteiger charge is 2.12. The molecule has 0 saturated carbocycles. The molecule has 3 aromatic rings. The first-order valence-corrected chi connectivity index (χ1v) is 7.66. The van der Waals surface area contributed by atoms with Crippen molar-refractivity contribution in [2.45, 2.75) is 6.92 Å². The molecule has 0 fully saturated rings. The number of aryl methyl sites for hydroxylation is 1. The smallest absolute Gasteiger partial charge is 0.0529 e. The van der Waals surface area contributed by atoms with Crippen LogP contribution in [-0.2, 0) is 0 Å². The highest BCUT2D eigenvalue weighted by Crippen LogP contribution is 2.41. The quantitative estimate of drug-likeness (QED) is 0.571. The van der Waals surface area contributed by atoms with Gasteiger partial charge in [-0.2, -0.15) is 0 Å². The van der Waals surface area contributed by atoms with E-state index in [-0.39, 0.29) is 0 Å². The third-order valence-electron chi connectivity index (χ3n) is 2.52. The fourth-order valence-corrected chi connectivity index (χ4v) is 4.55. The first kappa shape index (κ1) is 10.3. The van der Waals surface area contributed by atoms with Gasteiger partial charge in [0.2, 0.25) is 0 Å². The van der Waals surface area contributed by atoms with E-state index >= 15 is 0 Å². The molecule has 3 heteroatoms. The summed E-state index contributed by atoms with van der Waals surface area (Å²) in [6.45, 7) is 2.18. The van der Waals surface area contributed by atoms with Gasteiger partial charge in [-0.1, -0.05) is 6.07 Å². The Kier molecular flexibility index (Phi) is 2.67. The van der Waals surface area contributed by atoms with Crippen molar-refractivity contribution in [1.29, 1.82) is 0 Å². The average molecular weight is 262 g/mol. The molecule has 0 aliphatic carbocycles. The summed E-state index contributed by atoms with van der Waals surface area (Å²) in [5.41, 5.74) is 2.76. The molecule has 0 aromatic carbocycles. The molecule has 0 N–H and O–H groups in total. The lowest BCUT2D eigenvalue weighted by Gasteiger charge is -2.00. The van der Waals surface area contributed by atoms with Crippen LogP contribution >= 0.6 is 34.0 Å². The minimum atomic E-state index is 1.37. The molecule has 3 heterocycles. The van der Waals surface area contributed by atoms with Gasteiger partial charge in [0.1, 0.15) is 0 Å². The Morgan fingerprint density at radius 3 is 2.31 bits per heavy atom. The molecule has 0 atom stereocenters. The maximum Gasteiger partial charge on any atom is 0.0529 e. The number of hydrogen-bond acceptors (Lipinski definition) is 3. The molecule has 0 nitrogen and oxygen atoms in total. The molecule has 0 unspecified atom stereocenters. The average Bonchev–Trinajstić information content (AvgIpc) is 2.95. The van der Waals surface area contributed by atoms with Gasteiger partial charge in [0.25, 0.3) is 0 Å². The van der Waals surface area contributed by atoms with E-state index in [4.69, 9.17) is 0 Å². The van der Waals surface area contributed by atoms with E-state index in [0.717, 1.165) is 0 Å². The maximum atomic E-state index is 2.23. The van der Waals surface area contributed by atoms with Gasteiger partial charge in [-0.15, -0.1) is 34.0 Å². The predicted octanol–water partition coefficient (Wildman–Crippen LogP) is 5.51. The fourth-order valence-electron chi connectivity index (χ4n) is 1.74. The molecule has 0 amide bonds. The number of thiophene rings is 3. The third-order valence-corrected chi connectivity index (χ3v) is 5.53. The SMILES string of the molecule is Cc1ccsc1-c1ccsc1-c1cccs1. The highest BCUT2D eigenvalue weighted by atomic mass is 32.1. The minimum Gasteiger partial charge on any atom is -0.143 e. The first-order chi connectivity index (χ1) is 7.86. The Bertz CT molecular complexity index is 584. The number of rotatable bonds is 2. The second kappa shape index (κ2) is 4.17. The molecule has 0 aliphatic heterocycles. The van der Waals surface area contributed by atoms with E-state index in [1.54, 1.807) is 0 Å². The van der Waals surface area contributed by atoms with Crippen molar-refractivity contribution in [1.82, 2.24) is 0 Å². The zero-order valence-electron chi connectivity index (χ0n) is 8.77. The van der Waals surface area contributed by atoms with Gasteiger partial charge in [-0.25, -0.2) is 0 Å². The van der Waals surface area contributed by atoms with Gasteiger partial charge in [0, 0.05) is 15.3 Å². The lowest BCUT2D eigenvalue weighted by Crippen LogP contribution is -1.74. The Morgan fingerprint density at radius 2 is 1.62 bits per heavy atom. The molecule has 0 radical (unpaired) electrons. The van der Waals surface area contributed by atoms with Crippen LogP contribution in [0.3, 0.4) is 0 Å². The Morgan fingerprint density at radius 1 is 0.812 bits per heavy atom. The van der Waals surface area contributed by atoms with Gasteiger partial charge in [-0.3, -0.25) is 0 Å². The van der Waals surface area contributed by atoms with Crippen LogP contribution in [0.4, 0.5) is 0 Å². The molecule has 3 rings (SSSR count). The zero-order chi connectivity index (χ0) is 11.0. The second-order valence-corrected chi connectivity index (χ2v) is 6.35. The summed E-state index contributed by atoms with van der Waals surface area (Å²) in [5, 5.41) is 6.49. The highest BCUT2D eigenvalue weighted by molar-refractivity contribution is 7.21. The van der Waals surface area contributed by atoms with E-state index in [9.17, 15) is 0 Å². The van der Waals surface area contributed by atoms with Crippen LogP contribution in [0.15, 0.2) is 40.4 Å². The van der Waals surface area contributed by atoms with Crippen molar-refractivity contribution in [3.05, 3.63) is 46.0 Å². The molecule has 3 aromatic heterocycles. The minimum absolute atomic E-state index is 1.37. The summed E-state index contributed by atoms with van der Waals surface area (Å²) in [4.78, 5) is 4.18. The van der Waals surface area contributed by atoms with E-state index < -0.39 is 0 Å². The summed E-state index contributed by atoms with van der Waals surface area (Å²) in [6, 6.07) is 8.74. The zero-order valence-corrected chi connectivity index (χ0v) is 11.2. The first-order valence-electron chi connectivity index (χ1n) is 5.02. The standard InChI is InChI=1S/C13H10S3/c1-9-4-7-15-12(9)10-5-8-16-13(10)11-3-2-6-14-11/h2-8H,1H3. The van der Waals surface area contributed by atoms with Gasteiger partial charge >= 0.3 is 0 Å². The van der Waals surface area contributed by atoms with E-state index in [2.05, 4.69) is 47.3 Å². The second-order valence-electron chi connectivity index (χ2n) is 3.57. The van der Waals surface area contributed by atoms with Gasteiger partial charge in [-0.05, 0) is 46.8 Å². The Balaban J connectivity index is 2.17. The maximum absolute atomic E-state index is 2.23. The van der Waals surface area contributed by atoms with Crippen molar-refractivity contribution in [2.24, 2.45) is 0 Å². The van der Waals surface area contributed by atoms with Crippen molar-refractivity contribution in [3.63, 3.8) is 0 Å². The molecule has 0 aliphatic rings. The molecule has 0 bridgehead atoms. The van der Waals surface area contributed by atoms with Crippen molar-refractivity contribution >= 4 is 34.0 Å². The third kappa shape index (κ3) is 1.65. The molecule has 0 spiro atoms. The molecular weight excluding hydrogens is 252 g/mol. The van der Waals surface area contributed by atoms with E-state index in [0.29, 0.717) is 0 Å². The van der Waals surface area contributed by atoms with E-state index in [1.807, 2.05) is 34.0 Å². The van der Waals surface area contributed by atoms with Crippen LogP contribution in [0.25, 0.3) is 20.2 Å². The molecule has 80 valence electrons. The van der Waals surface area contributed by atoms with Crippen LogP contribution in [0.1, 0.15) is 5.56 Å². The predicted molar refractivity (Wildman–Crippen MR) is 75.7 cm³/mol. The van der Waals surface area contributed by atoms with Crippen LogP contribution in [0.2, 0.25) is 0 Å². The summed E-state index contributed by atoms with van der Waals surface area (Å²) >= 11 is 5.47. The summed E-state index contributed by atoms with van der Waals surface area (Å²) in [6.07, 6.45) is 0. The number of hydrogen-bond donors (Lipinski definition) is 0. The summed E-state index contributed by atoms with van der Waals surface area (Å²) in [5.74, 6) is 0. The lowest BCUT2D eigenvalue weighted by molar-refractivity contribution is 1.55. The monoisotopic (exact) mass is 262 g/mol. The van der Waals surface area contributed by atoms with Gasteiger partial charge < -0.3 is 0 Å². The summed E-state index contributed by atoms with van der Waals surface area (Å²) < 4.78 is 0. The van der Waals surface area contributed by atoms with E-state index in [1.165, 1.54) is 25.8 Å². The van der Waals surface area contributed by atoms with Crippen LogP contribution in [0, 0.1) is 6.92 Å². The van der Waals surface area contributed by atoms with Crippen LogP contribution in [-0.4, -0.2) is 0 Å². The topological polar surface area (TPSA) is 0 Å². The lowest BCUT2D eigenvalue weighted by atomic mass is 10.1. The van der Waals surface area contributed by atoms with Gasteiger partial charge in [0.05, 0.1) is 4.88 Å². The molecule has 0 saturated heterocycles. The van der Waals surface area contributed by atoms with Crippen molar-refractivity contribution < 1.29 is 0 Å². The van der Waals surface area contributed by atoms with Crippen LogP contribution < -0.4 is 0 Å². The molecular formula is C13H10S3. The van der Waals surface area contributed by atoms with Crippen molar-refractivity contribution in [2.75, 3.05) is 0 Å². The molecule has 16 heavy (non-hydrogen) atoms. The van der Waals surface area contributed by atoms with Crippen molar-refractivity contribution in [3.8, 4) is 20.2 Å².